The highest BCUT2D eigenvalue weighted by Crippen LogP contribution is 2.33. The molecule has 0 heterocycles. The van der Waals surface area contributed by atoms with Gasteiger partial charge in [0.05, 0.1) is 0 Å². The monoisotopic (exact) mass is 407 g/mol. The summed E-state index contributed by atoms with van der Waals surface area (Å²) in [6.07, 6.45) is 1.71. The zero-order valence-corrected chi connectivity index (χ0v) is 16.9. The maximum absolute atomic E-state index is 13.9. The number of benzene rings is 3. The van der Waals surface area contributed by atoms with Gasteiger partial charge in [0.15, 0.2) is 0 Å². The molecule has 3 aromatic rings. The average molecular weight is 407 g/mol. The van der Waals surface area contributed by atoms with Crippen molar-refractivity contribution in [1.82, 2.24) is 0 Å². The molecule has 154 valence electrons. The Morgan fingerprint density at radius 3 is 2.43 bits per heavy atom. The van der Waals surface area contributed by atoms with Crippen LogP contribution in [0.4, 0.5) is 31.5 Å². The number of hydrogen-bond donors (Lipinski definition) is 2. The number of carbonyl (C=O) groups excluding carboxylic acids is 1. The predicted octanol–water partition coefficient (Wildman–Crippen LogP) is 5.91. The number of aryl methyl sites for hydroxylation is 1. The molecule has 3 aromatic carbocycles. The number of nitrogens with one attached hydrogen (secondary N) is 1. The fourth-order valence-electron chi connectivity index (χ4n) is 3.35. The second-order valence-corrected chi connectivity index (χ2v) is 6.82. The molecule has 0 bridgehead atoms. The molecule has 0 saturated heterocycles. The van der Waals surface area contributed by atoms with E-state index in [9.17, 15) is 13.6 Å². The molecule has 0 aliphatic carbocycles. The van der Waals surface area contributed by atoms with E-state index >= 15 is 0 Å². The minimum absolute atomic E-state index is 0.423. The average Bonchev–Trinajstić information content (AvgIpc) is 2.71. The summed E-state index contributed by atoms with van der Waals surface area (Å²) in [6.45, 7) is 8.40. The molecular weight excluding hydrogens is 384 g/mol. The molecule has 30 heavy (non-hydrogen) atoms. The third kappa shape index (κ3) is 4.17. The lowest BCUT2D eigenvalue weighted by atomic mass is 10.1. The molecule has 0 atom stereocenters. The quantitative estimate of drug-likeness (QED) is 0.500. The van der Waals surface area contributed by atoms with Crippen molar-refractivity contribution >= 4 is 34.7 Å². The lowest BCUT2D eigenvalue weighted by Crippen LogP contribution is -2.19. The van der Waals surface area contributed by atoms with Crippen LogP contribution in [-0.4, -0.2) is 12.5 Å². The van der Waals surface area contributed by atoms with Gasteiger partial charge in [0.2, 0.25) is 0 Å². The van der Waals surface area contributed by atoms with Gasteiger partial charge in [0, 0.05) is 29.3 Å². The Hall–Kier alpha value is -3.67. The van der Waals surface area contributed by atoms with E-state index in [1.54, 1.807) is 24.3 Å². The maximum atomic E-state index is 13.9. The molecule has 3 N–H and O–H groups in total. The fourth-order valence-corrected chi connectivity index (χ4v) is 3.35. The largest absolute Gasteiger partial charge is 0.398 e. The lowest BCUT2D eigenvalue weighted by Gasteiger charge is -2.26. The van der Waals surface area contributed by atoms with Gasteiger partial charge >= 0.3 is 0 Å². The third-order valence-electron chi connectivity index (χ3n) is 4.83. The molecular formula is C24H23F2N3O. The maximum Gasteiger partial charge on any atom is 0.261 e. The van der Waals surface area contributed by atoms with E-state index < -0.39 is 23.1 Å². The number of nitrogens with zero attached hydrogens (tertiary/aromatic N) is 1. The molecule has 0 aromatic heterocycles. The Kier molecular flexibility index (Phi) is 6.16. The third-order valence-corrected chi connectivity index (χ3v) is 4.83. The van der Waals surface area contributed by atoms with Gasteiger partial charge < -0.3 is 16.0 Å². The van der Waals surface area contributed by atoms with Gasteiger partial charge in [-0.3, -0.25) is 4.79 Å². The summed E-state index contributed by atoms with van der Waals surface area (Å²) in [5.41, 5.74) is 10.2. The SMILES string of the molecule is C=Cc1cc(C)c(N(CC)c2cccc(NC(=O)c3c(F)cccc3F)c2)cc1N. The minimum Gasteiger partial charge on any atom is -0.398 e. The number of amides is 1. The molecule has 0 aliphatic heterocycles. The van der Waals surface area contributed by atoms with Gasteiger partial charge in [0.25, 0.3) is 5.91 Å². The number of halogens is 2. The van der Waals surface area contributed by atoms with Crippen LogP contribution in [0, 0.1) is 18.6 Å². The van der Waals surface area contributed by atoms with Crippen LogP contribution in [0.15, 0.2) is 61.2 Å². The highest BCUT2D eigenvalue weighted by Gasteiger charge is 2.18. The molecule has 0 fully saturated rings. The van der Waals surface area contributed by atoms with Crippen LogP contribution in [-0.2, 0) is 0 Å². The number of nitrogen functional groups attached to an aromatic ring is 1. The lowest BCUT2D eigenvalue weighted by molar-refractivity contribution is 0.101. The molecule has 0 spiro atoms. The normalized spacial score (nSPS) is 10.5. The highest BCUT2D eigenvalue weighted by atomic mass is 19.1. The minimum atomic E-state index is -0.910. The van der Waals surface area contributed by atoms with Gasteiger partial charge in [-0.15, -0.1) is 0 Å². The summed E-state index contributed by atoms with van der Waals surface area (Å²) in [5, 5.41) is 2.57. The molecule has 4 nitrogen and oxygen atoms in total. The molecule has 1 amide bonds. The van der Waals surface area contributed by atoms with Crippen molar-refractivity contribution in [1.29, 1.82) is 0 Å². The highest BCUT2D eigenvalue weighted by molar-refractivity contribution is 6.04. The summed E-state index contributed by atoms with van der Waals surface area (Å²) in [5.74, 6) is -2.67. The first-order chi connectivity index (χ1) is 14.3. The van der Waals surface area contributed by atoms with Crippen LogP contribution in [0.2, 0.25) is 0 Å². The van der Waals surface area contributed by atoms with Crippen LogP contribution in [0.3, 0.4) is 0 Å². The van der Waals surface area contributed by atoms with Crippen molar-refractivity contribution in [3.63, 3.8) is 0 Å². The standard InChI is InChI=1S/C24H23F2N3O/c1-4-16-12-15(3)22(14-21(16)27)29(5-2)18-9-6-8-17(13-18)28-24(30)23-19(25)10-7-11-20(23)26/h4,6-14H,1,5,27H2,2-3H3,(H,28,30). The van der Waals surface area contributed by atoms with Crippen LogP contribution in [0.1, 0.15) is 28.4 Å². The summed E-state index contributed by atoms with van der Waals surface area (Å²) < 4.78 is 27.8. The zero-order chi connectivity index (χ0) is 21.8. The van der Waals surface area contributed by atoms with Gasteiger partial charge in [-0.2, -0.15) is 0 Å². The second-order valence-electron chi connectivity index (χ2n) is 6.82. The van der Waals surface area contributed by atoms with Gasteiger partial charge in [-0.1, -0.05) is 24.8 Å². The first kappa shape index (κ1) is 21.0. The van der Waals surface area contributed by atoms with Gasteiger partial charge in [-0.05, 0) is 67.4 Å². The first-order valence-electron chi connectivity index (χ1n) is 9.51. The number of hydrogen-bond acceptors (Lipinski definition) is 3. The molecule has 0 aliphatic rings. The van der Waals surface area contributed by atoms with E-state index in [2.05, 4.69) is 11.9 Å². The number of nitrogens with two attached hydrogens (primary N) is 1. The Labute approximate surface area is 174 Å². The summed E-state index contributed by atoms with van der Waals surface area (Å²) >= 11 is 0. The molecule has 6 heteroatoms. The van der Waals surface area contributed by atoms with E-state index in [-0.39, 0.29) is 0 Å². The molecule has 3 rings (SSSR count). The number of carbonyl (C=O) groups is 1. The van der Waals surface area contributed by atoms with Crippen molar-refractivity contribution in [2.45, 2.75) is 13.8 Å². The van der Waals surface area contributed by atoms with Gasteiger partial charge in [-0.25, -0.2) is 8.78 Å². The fraction of sp³-hybridized carbons (Fsp3) is 0.125. The van der Waals surface area contributed by atoms with Crippen molar-refractivity contribution in [2.24, 2.45) is 0 Å². The van der Waals surface area contributed by atoms with E-state index in [1.165, 1.54) is 6.07 Å². The predicted molar refractivity (Wildman–Crippen MR) is 119 cm³/mol. The second kappa shape index (κ2) is 8.78. The Bertz CT molecular complexity index is 1090. The van der Waals surface area contributed by atoms with Crippen LogP contribution in [0.25, 0.3) is 6.08 Å². The summed E-state index contributed by atoms with van der Waals surface area (Å²) in [7, 11) is 0. The zero-order valence-electron chi connectivity index (χ0n) is 16.9. The molecule has 0 radical (unpaired) electrons. The van der Waals surface area contributed by atoms with Crippen LogP contribution >= 0.6 is 0 Å². The molecule has 0 unspecified atom stereocenters. The van der Waals surface area contributed by atoms with Crippen molar-refractivity contribution in [3.05, 3.63) is 89.5 Å². The van der Waals surface area contributed by atoms with E-state index in [0.717, 1.165) is 34.6 Å². The summed E-state index contributed by atoms with van der Waals surface area (Å²) in [4.78, 5) is 14.5. The van der Waals surface area contributed by atoms with Gasteiger partial charge in [0.1, 0.15) is 17.2 Å². The number of rotatable bonds is 6. The Morgan fingerprint density at radius 2 is 1.80 bits per heavy atom. The topological polar surface area (TPSA) is 58.4 Å². The first-order valence-corrected chi connectivity index (χ1v) is 9.51. The van der Waals surface area contributed by atoms with E-state index in [1.807, 2.05) is 36.9 Å². The van der Waals surface area contributed by atoms with Crippen molar-refractivity contribution in [2.75, 3.05) is 22.5 Å². The van der Waals surface area contributed by atoms with Crippen LogP contribution in [0.5, 0.6) is 0 Å². The Morgan fingerprint density at radius 1 is 1.13 bits per heavy atom. The number of anilines is 4. The van der Waals surface area contributed by atoms with Crippen molar-refractivity contribution < 1.29 is 13.6 Å². The van der Waals surface area contributed by atoms with Crippen LogP contribution < -0.4 is 16.0 Å². The molecule has 0 saturated carbocycles. The van der Waals surface area contributed by atoms with Crippen molar-refractivity contribution in [3.8, 4) is 0 Å². The van der Waals surface area contributed by atoms with E-state index in [0.29, 0.717) is 17.9 Å². The summed E-state index contributed by atoms with van der Waals surface area (Å²) in [6, 6.07) is 14.2. The Balaban J connectivity index is 1.93. The smallest absolute Gasteiger partial charge is 0.261 e. The van der Waals surface area contributed by atoms with E-state index in [4.69, 9.17) is 5.73 Å².